The number of hydrogen-bond acceptors (Lipinski definition) is 4. The first-order valence-electron chi connectivity index (χ1n) is 10.9. The fourth-order valence-corrected chi connectivity index (χ4v) is 4.26. The summed E-state index contributed by atoms with van der Waals surface area (Å²) in [5.41, 5.74) is 2.14. The van der Waals surface area contributed by atoms with Crippen molar-refractivity contribution in [1.29, 1.82) is 5.26 Å². The molecule has 0 fully saturated rings. The Morgan fingerprint density at radius 1 is 0.879 bits per heavy atom. The van der Waals surface area contributed by atoms with Gasteiger partial charge in [0, 0.05) is 18.8 Å². The Morgan fingerprint density at radius 2 is 1.30 bits per heavy atom. The van der Waals surface area contributed by atoms with Gasteiger partial charge in [-0.25, -0.2) is 4.79 Å². The molecule has 168 valence electrons. The second-order valence-electron chi connectivity index (χ2n) is 8.09. The quantitative estimate of drug-likeness (QED) is 0.389. The molecule has 1 amide bonds. The molecule has 5 nitrogen and oxygen atoms in total. The van der Waals surface area contributed by atoms with Gasteiger partial charge in [0.25, 0.3) is 0 Å². The molecular weight excluding hydrogens is 412 g/mol. The number of nitriles is 1. The monoisotopic (exact) mass is 440 g/mol. The molecule has 5 heteroatoms. The van der Waals surface area contributed by atoms with Crippen molar-refractivity contribution < 1.29 is 14.3 Å². The molecule has 0 heterocycles. The van der Waals surface area contributed by atoms with E-state index in [4.69, 9.17) is 10.00 Å². The van der Waals surface area contributed by atoms with Crippen LogP contribution in [0.1, 0.15) is 36.5 Å². The van der Waals surface area contributed by atoms with E-state index in [9.17, 15) is 9.59 Å². The van der Waals surface area contributed by atoms with Gasteiger partial charge in [-0.3, -0.25) is 4.79 Å². The van der Waals surface area contributed by atoms with Crippen LogP contribution in [0.5, 0.6) is 0 Å². The first kappa shape index (κ1) is 23.7. The van der Waals surface area contributed by atoms with Gasteiger partial charge in [-0.2, -0.15) is 5.26 Å². The highest BCUT2D eigenvalue weighted by Gasteiger charge is 2.39. The highest BCUT2D eigenvalue weighted by atomic mass is 16.5. The molecule has 0 spiro atoms. The Balaban J connectivity index is 2.09. The standard InChI is InChI=1S/C28H28N2O3/c1-21(18-19-29)26(27(32)33-2)30-25(31)20-28(22-12-6-3-7-13-22,23-14-8-4-9-15-23)24-16-10-5-11-17-24/h3-17,21,26H,18,20H2,1-2H3,(H,30,31)/t21-,26-/m1/s1. The maximum atomic E-state index is 13.5. The molecule has 0 aromatic heterocycles. The van der Waals surface area contributed by atoms with E-state index >= 15 is 0 Å². The van der Waals surface area contributed by atoms with E-state index in [1.807, 2.05) is 91.0 Å². The number of carbonyl (C=O) groups is 2. The maximum Gasteiger partial charge on any atom is 0.328 e. The summed E-state index contributed by atoms with van der Waals surface area (Å²) in [7, 11) is 1.28. The zero-order valence-corrected chi connectivity index (χ0v) is 18.9. The molecule has 0 bridgehead atoms. The van der Waals surface area contributed by atoms with Crippen molar-refractivity contribution in [2.75, 3.05) is 7.11 Å². The zero-order chi connectivity index (χ0) is 23.7. The molecule has 0 aliphatic heterocycles. The minimum atomic E-state index is -0.901. The van der Waals surface area contributed by atoms with E-state index in [1.54, 1.807) is 6.92 Å². The van der Waals surface area contributed by atoms with Crippen LogP contribution in [0, 0.1) is 17.2 Å². The van der Waals surface area contributed by atoms with Crippen molar-refractivity contribution in [2.24, 2.45) is 5.92 Å². The van der Waals surface area contributed by atoms with E-state index in [0.29, 0.717) is 0 Å². The van der Waals surface area contributed by atoms with Gasteiger partial charge in [0.15, 0.2) is 0 Å². The van der Waals surface area contributed by atoms with Gasteiger partial charge >= 0.3 is 5.97 Å². The van der Waals surface area contributed by atoms with Crippen molar-refractivity contribution >= 4 is 11.9 Å². The molecule has 0 saturated heterocycles. The number of carbonyl (C=O) groups excluding carboxylic acids is 2. The Hall–Kier alpha value is -3.91. The second kappa shape index (κ2) is 11.1. The van der Waals surface area contributed by atoms with Crippen molar-refractivity contribution in [3.63, 3.8) is 0 Å². The third-order valence-corrected chi connectivity index (χ3v) is 5.98. The maximum absolute atomic E-state index is 13.5. The summed E-state index contributed by atoms with van der Waals surface area (Å²) in [6.07, 6.45) is 0.207. The lowest BCUT2D eigenvalue weighted by molar-refractivity contribution is -0.146. The molecule has 0 radical (unpaired) electrons. The highest BCUT2D eigenvalue weighted by Crippen LogP contribution is 2.42. The van der Waals surface area contributed by atoms with Gasteiger partial charge in [0.2, 0.25) is 5.91 Å². The number of ether oxygens (including phenoxy) is 1. The normalized spacial score (nSPS) is 12.8. The average Bonchev–Trinajstić information content (AvgIpc) is 2.87. The zero-order valence-electron chi connectivity index (χ0n) is 18.9. The largest absolute Gasteiger partial charge is 0.467 e. The fourth-order valence-electron chi connectivity index (χ4n) is 4.26. The summed E-state index contributed by atoms with van der Waals surface area (Å²) >= 11 is 0. The lowest BCUT2D eigenvalue weighted by atomic mass is 9.67. The minimum Gasteiger partial charge on any atom is -0.467 e. The average molecular weight is 441 g/mol. The van der Waals surface area contributed by atoms with Crippen LogP contribution in [0.25, 0.3) is 0 Å². The van der Waals surface area contributed by atoms with Gasteiger partial charge in [0.1, 0.15) is 6.04 Å². The Bertz CT molecular complexity index is 996. The van der Waals surface area contributed by atoms with E-state index in [2.05, 4.69) is 11.4 Å². The number of nitrogens with zero attached hydrogens (tertiary/aromatic N) is 1. The predicted octanol–water partition coefficient (Wildman–Crippen LogP) is 4.62. The van der Waals surface area contributed by atoms with Crippen molar-refractivity contribution in [3.8, 4) is 6.07 Å². The van der Waals surface area contributed by atoms with Crippen molar-refractivity contribution in [3.05, 3.63) is 108 Å². The smallest absolute Gasteiger partial charge is 0.328 e. The highest BCUT2D eigenvalue weighted by molar-refractivity contribution is 5.86. The Kier molecular flexibility index (Phi) is 7.99. The summed E-state index contributed by atoms with van der Waals surface area (Å²) < 4.78 is 4.90. The number of esters is 1. The van der Waals surface area contributed by atoms with Gasteiger partial charge in [-0.1, -0.05) is 97.9 Å². The van der Waals surface area contributed by atoms with Crippen LogP contribution in [-0.2, 0) is 19.7 Å². The first-order chi connectivity index (χ1) is 16.0. The van der Waals surface area contributed by atoms with Crippen LogP contribution in [0.4, 0.5) is 0 Å². The van der Waals surface area contributed by atoms with Gasteiger partial charge < -0.3 is 10.1 Å². The van der Waals surface area contributed by atoms with Crippen LogP contribution in [-0.4, -0.2) is 25.0 Å². The number of hydrogen-bond donors (Lipinski definition) is 1. The molecule has 3 aromatic carbocycles. The van der Waals surface area contributed by atoms with Crippen molar-refractivity contribution in [1.82, 2.24) is 5.32 Å². The van der Waals surface area contributed by atoms with E-state index in [0.717, 1.165) is 16.7 Å². The summed E-state index contributed by atoms with van der Waals surface area (Å²) in [5, 5.41) is 11.9. The Morgan fingerprint density at radius 3 is 1.67 bits per heavy atom. The second-order valence-corrected chi connectivity index (χ2v) is 8.09. The molecule has 33 heavy (non-hydrogen) atoms. The molecule has 1 N–H and O–H groups in total. The molecule has 0 aliphatic carbocycles. The lowest BCUT2D eigenvalue weighted by Crippen LogP contribution is -2.48. The third kappa shape index (κ3) is 5.30. The SMILES string of the molecule is COC(=O)[C@H](NC(=O)CC(c1ccccc1)(c1ccccc1)c1ccccc1)[C@H](C)CC#N. The fraction of sp³-hybridized carbons (Fsp3) is 0.250. The van der Waals surface area contributed by atoms with Crippen LogP contribution >= 0.6 is 0 Å². The molecule has 2 atom stereocenters. The Labute approximate surface area is 195 Å². The first-order valence-corrected chi connectivity index (χ1v) is 10.9. The summed E-state index contributed by atoms with van der Waals surface area (Å²) in [6, 6.07) is 30.9. The van der Waals surface area contributed by atoms with Gasteiger partial charge in [0.05, 0.1) is 18.6 Å². The molecule has 0 saturated carbocycles. The van der Waals surface area contributed by atoms with E-state index in [-0.39, 0.29) is 24.7 Å². The molecule has 3 rings (SSSR count). The van der Waals surface area contributed by atoms with Crippen LogP contribution in [0.15, 0.2) is 91.0 Å². The number of benzene rings is 3. The minimum absolute atomic E-state index is 0.0812. The molecule has 3 aromatic rings. The topological polar surface area (TPSA) is 79.2 Å². The molecule has 0 unspecified atom stereocenters. The van der Waals surface area contributed by atoms with Gasteiger partial charge in [-0.05, 0) is 16.7 Å². The number of methoxy groups -OCH3 is 1. The van der Waals surface area contributed by atoms with Crippen LogP contribution in [0.2, 0.25) is 0 Å². The van der Waals surface area contributed by atoms with Crippen LogP contribution in [0.3, 0.4) is 0 Å². The summed E-state index contributed by atoms with van der Waals surface area (Å²) in [6.45, 7) is 1.75. The number of rotatable bonds is 9. The van der Waals surface area contributed by atoms with Crippen LogP contribution < -0.4 is 5.32 Å². The third-order valence-electron chi connectivity index (χ3n) is 5.98. The summed E-state index contributed by atoms with van der Waals surface area (Å²) in [5.74, 6) is -1.24. The molecule has 0 aliphatic rings. The molecular formula is C28H28N2O3. The number of nitrogens with one attached hydrogen (secondary N) is 1. The summed E-state index contributed by atoms with van der Waals surface area (Å²) in [4.78, 5) is 25.9. The lowest BCUT2D eigenvalue weighted by Gasteiger charge is -2.36. The predicted molar refractivity (Wildman–Crippen MR) is 127 cm³/mol. The number of amides is 1. The van der Waals surface area contributed by atoms with Crippen molar-refractivity contribution in [2.45, 2.75) is 31.2 Å². The van der Waals surface area contributed by atoms with Gasteiger partial charge in [-0.15, -0.1) is 0 Å². The van der Waals surface area contributed by atoms with E-state index in [1.165, 1.54) is 7.11 Å². The van der Waals surface area contributed by atoms with E-state index < -0.39 is 17.4 Å².